The molecule has 1 aromatic heterocycles. The molecule has 0 N–H and O–H groups in total. The van der Waals surface area contributed by atoms with Crippen LogP contribution in [0.25, 0.3) is 0 Å². The molecule has 0 amide bonds. The van der Waals surface area contributed by atoms with Crippen molar-refractivity contribution in [2.75, 3.05) is 5.75 Å². The van der Waals surface area contributed by atoms with E-state index in [1.54, 1.807) is 0 Å². The molecule has 2 aromatic rings. The Kier molecular flexibility index (Phi) is 3.92. The largest absolute Gasteiger partial charge is 0.357 e. The molecule has 0 spiro atoms. The quantitative estimate of drug-likeness (QED) is 0.622. The summed E-state index contributed by atoms with van der Waals surface area (Å²) in [6.07, 6.45) is 3.71. The van der Waals surface area contributed by atoms with E-state index in [-0.39, 0.29) is 5.78 Å². The van der Waals surface area contributed by atoms with Gasteiger partial charge in [0, 0.05) is 34.9 Å². The lowest BCUT2D eigenvalue weighted by molar-refractivity contribution is 0.102. The summed E-state index contributed by atoms with van der Waals surface area (Å²) in [6.45, 7) is 0. The minimum Gasteiger partial charge on any atom is -0.357 e. The van der Waals surface area contributed by atoms with E-state index in [2.05, 4.69) is 0 Å². The Hall–Kier alpha value is -1.19. The summed E-state index contributed by atoms with van der Waals surface area (Å²) in [5.41, 5.74) is 0.758. The maximum absolute atomic E-state index is 11.8. The Morgan fingerprint density at radius 3 is 2.59 bits per heavy atom. The number of carbonyl (C=O) groups excluding carboxylic acids is 1. The molecule has 0 radical (unpaired) electrons. The first-order chi connectivity index (χ1) is 8.15. The molecule has 0 unspecified atom stereocenters. The fourth-order valence-electron chi connectivity index (χ4n) is 1.43. The van der Waals surface area contributed by atoms with Crippen molar-refractivity contribution in [1.82, 2.24) is 4.57 Å². The van der Waals surface area contributed by atoms with E-state index in [4.69, 9.17) is 11.6 Å². The maximum Gasteiger partial charge on any atom is 0.174 e. The van der Waals surface area contributed by atoms with Crippen LogP contribution in [0.3, 0.4) is 0 Å². The van der Waals surface area contributed by atoms with Gasteiger partial charge in [0.05, 0.1) is 5.75 Å². The Morgan fingerprint density at radius 1 is 1.29 bits per heavy atom. The van der Waals surface area contributed by atoms with E-state index < -0.39 is 0 Å². The number of ketones is 1. The van der Waals surface area contributed by atoms with E-state index in [1.807, 2.05) is 54.3 Å². The highest BCUT2D eigenvalue weighted by Crippen LogP contribution is 2.21. The number of aryl methyl sites for hydroxylation is 1. The molecule has 0 aliphatic rings. The number of halogens is 1. The molecular weight excluding hydrogens is 254 g/mol. The molecule has 0 fully saturated rings. The topological polar surface area (TPSA) is 22.0 Å². The van der Waals surface area contributed by atoms with E-state index in [1.165, 1.54) is 11.8 Å². The second-order valence-corrected chi connectivity index (χ2v) is 5.22. The van der Waals surface area contributed by atoms with Crippen LogP contribution in [0, 0.1) is 0 Å². The molecule has 0 atom stereocenters. The van der Waals surface area contributed by atoms with Crippen LogP contribution in [-0.4, -0.2) is 16.1 Å². The maximum atomic E-state index is 11.8. The summed E-state index contributed by atoms with van der Waals surface area (Å²) in [5, 5.41) is 0.712. The molecule has 0 saturated heterocycles. The fraction of sp³-hybridized carbons (Fsp3) is 0.154. The van der Waals surface area contributed by atoms with Crippen molar-refractivity contribution in [2.24, 2.45) is 7.05 Å². The molecular formula is C13H12ClNOS. The first-order valence-corrected chi connectivity index (χ1v) is 6.55. The fourth-order valence-corrected chi connectivity index (χ4v) is 2.35. The second kappa shape index (κ2) is 5.43. The molecule has 0 saturated carbocycles. The van der Waals surface area contributed by atoms with E-state index in [0.29, 0.717) is 10.8 Å². The van der Waals surface area contributed by atoms with E-state index in [9.17, 15) is 4.79 Å². The van der Waals surface area contributed by atoms with Gasteiger partial charge in [-0.2, -0.15) is 0 Å². The number of thioether (sulfide) groups is 1. The van der Waals surface area contributed by atoms with Crippen LogP contribution in [0.5, 0.6) is 0 Å². The summed E-state index contributed by atoms with van der Waals surface area (Å²) < 4.78 is 1.88. The second-order valence-electron chi connectivity index (χ2n) is 3.73. The number of benzene rings is 1. The summed E-state index contributed by atoms with van der Waals surface area (Å²) in [6, 6.07) is 9.34. The molecule has 2 nitrogen and oxygen atoms in total. The predicted octanol–water partition coefficient (Wildman–Crippen LogP) is 3.65. The van der Waals surface area contributed by atoms with Gasteiger partial charge in [-0.3, -0.25) is 4.79 Å². The van der Waals surface area contributed by atoms with Crippen LogP contribution < -0.4 is 0 Å². The van der Waals surface area contributed by atoms with Crippen molar-refractivity contribution in [3.8, 4) is 0 Å². The van der Waals surface area contributed by atoms with Gasteiger partial charge in [-0.05, 0) is 30.3 Å². The summed E-state index contributed by atoms with van der Waals surface area (Å²) in [7, 11) is 1.91. The molecule has 0 aliphatic carbocycles. The predicted molar refractivity (Wildman–Crippen MR) is 71.9 cm³/mol. The van der Waals surface area contributed by atoms with Gasteiger partial charge >= 0.3 is 0 Å². The van der Waals surface area contributed by atoms with Gasteiger partial charge in [0.2, 0.25) is 0 Å². The van der Waals surface area contributed by atoms with E-state index in [0.717, 1.165) is 10.5 Å². The zero-order valence-electron chi connectivity index (χ0n) is 9.39. The Labute approximate surface area is 110 Å². The average Bonchev–Trinajstić information content (AvgIpc) is 2.75. The van der Waals surface area contributed by atoms with Crippen LogP contribution in [-0.2, 0) is 7.05 Å². The van der Waals surface area contributed by atoms with Gasteiger partial charge < -0.3 is 4.57 Å². The highest BCUT2D eigenvalue weighted by molar-refractivity contribution is 8.00. The number of aromatic nitrogens is 1. The van der Waals surface area contributed by atoms with Crippen molar-refractivity contribution >= 4 is 29.1 Å². The average molecular weight is 266 g/mol. The van der Waals surface area contributed by atoms with Crippen LogP contribution in [0.1, 0.15) is 10.4 Å². The zero-order valence-corrected chi connectivity index (χ0v) is 11.0. The van der Waals surface area contributed by atoms with Crippen LogP contribution in [0.4, 0.5) is 0 Å². The Bertz CT molecular complexity index is 518. The molecule has 1 heterocycles. The van der Waals surface area contributed by atoms with E-state index >= 15 is 0 Å². The van der Waals surface area contributed by atoms with Gasteiger partial charge in [-0.15, -0.1) is 11.8 Å². The Balaban J connectivity index is 1.94. The van der Waals surface area contributed by atoms with Crippen molar-refractivity contribution < 1.29 is 4.79 Å². The molecule has 1 aromatic carbocycles. The van der Waals surface area contributed by atoms with Crippen LogP contribution in [0.2, 0.25) is 5.02 Å². The van der Waals surface area contributed by atoms with Crippen LogP contribution in [0.15, 0.2) is 47.6 Å². The van der Waals surface area contributed by atoms with Gasteiger partial charge in [-0.25, -0.2) is 0 Å². The van der Waals surface area contributed by atoms with Gasteiger partial charge in [0.15, 0.2) is 5.78 Å². The molecule has 17 heavy (non-hydrogen) atoms. The standard InChI is InChI=1S/C13H12ClNOS/c1-15-7-6-10(8-15)13(16)9-17-12-4-2-11(14)3-5-12/h2-8H,9H2,1H3. The summed E-state index contributed by atoms with van der Waals surface area (Å²) in [5.74, 6) is 0.594. The lowest BCUT2D eigenvalue weighted by atomic mass is 10.2. The van der Waals surface area contributed by atoms with Crippen LogP contribution >= 0.6 is 23.4 Å². The number of hydrogen-bond acceptors (Lipinski definition) is 2. The molecule has 4 heteroatoms. The molecule has 88 valence electrons. The highest BCUT2D eigenvalue weighted by atomic mass is 35.5. The third-order valence-electron chi connectivity index (χ3n) is 2.34. The monoisotopic (exact) mass is 265 g/mol. The number of Topliss-reactive ketones (excluding diaryl/α,β-unsaturated/α-hetero) is 1. The third kappa shape index (κ3) is 3.38. The summed E-state index contributed by atoms with van der Waals surface area (Å²) in [4.78, 5) is 12.9. The van der Waals surface area contributed by atoms with Gasteiger partial charge in [-0.1, -0.05) is 11.6 Å². The van der Waals surface area contributed by atoms with Crippen molar-refractivity contribution in [3.05, 3.63) is 53.3 Å². The molecule has 0 aliphatic heterocycles. The smallest absolute Gasteiger partial charge is 0.174 e. The molecule has 2 rings (SSSR count). The number of nitrogens with zero attached hydrogens (tertiary/aromatic N) is 1. The summed E-state index contributed by atoms with van der Waals surface area (Å²) >= 11 is 7.32. The minimum atomic E-state index is 0.144. The van der Waals surface area contributed by atoms with Gasteiger partial charge in [0.1, 0.15) is 0 Å². The minimum absolute atomic E-state index is 0.144. The van der Waals surface area contributed by atoms with Crippen molar-refractivity contribution in [3.63, 3.8) is 0 Å². The highest BCUT2D eigenvalue weighted by Gasteiger charge is 2.07. The lowest BCUT2D eigenvalue weighted by Crippen LogP contribution is -2.00. The first-order valence-electron chi connectivity index (χ1n) is 5.19. The van der Waals surface area contributed by atoms with Gasteiger partial charge in [0.25, 0.3) is 0 Å². The SMILES string of the molecule is Cn1ccc(C(=O)CSc2ccc(Cl)cc2)c1. The third-order valence-corrected chi connectivity index (χ3v) is 3.60. The van der Waals surface area contributed by atoms with Crippen molar-refractivity contribution in [1.29, 1.82) is 0 Å². The zero-order chi connectivity index (χ0) is 12.3. The number of rotatable bonds is 4. The molecule has 0 bridgehead atoms. The normalized spacial score (nSPS) is 10.5. The van der Waals surface area contributed by atoms with Crippen molar-refractivity contribution in [2.45, 2.75) is 4.90 Å². The number of hydrogen-bond donors (Lipinski definition) is 0. The Morgan fingerprint density at radius 2 is 2.00 bits per heavy atom. The lowest BCUT2D eigenvalue weighted by Gasteiger charge is -2.00. The first kappa shape index (κ1) is 12.3. The number of carbonyl (C=O) groups is 1.